The first-order chi connectivity index (χ1) is 7.24. The fraction of sp³-hybridized carbons (Fsp3) is 0.667. The summed E-state index contributed by atoms with van der Waals surface area (Å²) in [5.74, 6) is 0.343. The third-order valence-corrected chi connectivity index (χ3v) is 2.48. The van der Waals surface area contributed by atoms with E-state index in [1.807, 2.05) is 0 Å². The molecule has 1 aromatic heterocycles. The molecular formula is C9H14N4O2. The summed E-state index contributed by atoms with van der Waals surface area (Å²) in [6.45, 7) is 2.95. The number of rotatable bonds is 2. The van der Waals surface area contributed by atoms with Crippen LogP contribution in [0.1, 0.15) is 25.0 Å². The monoisotopic (exact) mass is 210 g/mol. The lowest BCUT2D eigenvalue weighted by Crippen LogP contribution is -2.25. The van der Waals surface area contributed by atoms with Crippen LogP contribution in [-0.4, -0.2) is 34.1 Å². The molecule has 0 fully saturated rings. The van der Waals surface area contributed by atoms with Crippen LogP contribution in [-0.2, 0) is 16.6 Å². The third-order valence-electron chi connectivity index (χ3n) is 2.48. The molecule has 1 unspecified atom stereocenters. The molecule has 0 aliphatic carbocycles. The highest BCUT2D eigenvalue weighted by Crippen LogP contribution is 2.29. The summed E-state index contributed by atoms with van der Waals surface area (Å²) in [5.41, 5.74) is 0.696. The highest BCUT2D eigenvalue weighted by atomic mass is 16.5. The molecule has 0 radical (unpaired) electrons. The molecule has 1 aromatic rings. The quantitative estimate of drug-likeness (QED) is 0.710. The number of aryl methyl sites for hydroxylation is 1. The van der Waals surface area contributed by atoms with Gasteiger partial charge in [-0.1, -0.05) is 5.21 Å². The summed E-state index contributed by atoms with van der Waals surface area (Å²) >= 11 is 0. The average molecular weight is 210 g/mol. The van der Waals surface area contributed by atoms with Crippen LogP contribution in [0.2, 0.25) is 0 Å². The van der Waals surface area contributed by atoms with E-state index in [4.69, 9.17) is 4.74 Å². The van der Waals surface area contributed by atoms with Crippen LogP contribution < -0.4 is 5.32 Å². The van der Waals surface area contributed by atoms with Crippen LogP contribution in [0, 0.1) is 0 Å². The first-order valence-corrected chi connectivity index (χ1v) is 5.04. The van der Waals surface area contributed by atoms with Crippen LogP contribution in [0.15, 0.2) is 0 Å². The second-order valence-electron chi connectivity index (χ2n) is 3.47. The Morgan fingerprint density at radius 1 is 1.73 bits per heavy atom. The number of ether oxygens (including phenoxy) is 1. The van der Waals surface area contributed by atoms with Gasteiger partial charge in [-0.05, 0) is 13.3 Å². The van der Waals surface area contributed by atoms with Crippen molar-refractivity contribution >= 4 is 11.8 Å². The molecule has 1 N–H and O–H groups in total. The van der Waals surface area contributed by atoms with Crippen LogP contribution >= 0.6 is 0 Å². The second kappa shape index (κ2) is 3.88. The summed E-state index contributed by atoms with van der Waals surface area (Å²) in [6.07, 6.45) is 0.713. The molecule has 15 heavy (non-hydrogen) atoms. The summed E-state index contributed by atoms with van der Waals surface area (Å²) in [6, 6.07) is 0. The predicted octanol–water partition coefficient (Wildman–Crippen LogP) is 0.277. The normalized spacial score (nSPS) is 19.2. The maximum atomic E-state index is 11.6. The number of carbonyl (C=O) groups excluding carboxylic acids is 1. The minimum absolute atomic E-state index is 0.208. The minimum atomic E-state index is -0.269. The Kier molecular flexibility index (Phi) is 2.57. The van der Waals surface area contributed by atoms with E-state index in [0.29, 0.717) is 18.7 Å². The Labute approximate surface area is 87.6 Å². The van der Waals surface area contributed by atoms with Gasteiger partial charge in [0.25, 0.3) is 0 Å². The molecule has 1 aliphatic rings. The first kappa shape index (κ1) is 9.95. The van der Waals surface area contributed by atoms with Gasteiger partial charge in [0.2, 0.25) is 0 Å². The highest BCUT2D eigenvalue weighted by molar-refractivity contribution is 5.80. The number of nitrogens with one attached hydrogen (secondary N) is 1. The number of anilines is 1. The number of aromatic nitrogens is 3. The number of carbonyl (C=O) groups is 1. The van der Waals surface area contributed by atoms with Gasteiger partial charge in [0.15, 0.2) is 0 Å². The van der Waals surface area contributed by atoms with Gasteiger partial charge < -0.3 is 10.1 Å². The van der Waals surface area contributed by atoms with Gasteiger partial charge >= 0.3 is 5.97 Å². The van der Waals surface area contributed by atoms with Crippen LogP contribution in [0.4, 0.5) is 5.82 Å². The number of hydrogen-bond donors (Lipinski definition) is 1. The number of hydrogen-bond acceptors (Lipinski definition) is 5. The largest absolute Gasteiger partial charge is 0.465 e. The van der Waals surface area contributed by atoms with E-state index < -0.39 is 0 Å². The molecule has 0 saturated heterocycles. The van der Waals surface area contributed by atoms with E-state index in [2.05, 4.69) is 15.6 Å². The van der Waals surface area contributed by atoms with Gasteiger partial charge in [-0.15, -0.1) is 5.10 Å². The van der Waals surface area contributed by atoms with Gasteiger partial charge in [0, 0.05) is 13.6 Å². The lowest BCUT2D eigenvalue weighted by atomic mass is 9.98. The molecule has 0 aromatic carbocycles. The molecule has 82 valence electrons. The number of nitrogens with zero attached hydrogens (tertiary/aromatic N) is 3. The van der Waals surface area contributed by atoms with Crippen molar-refractivity contribution in [2.45, 2.75) is 19.3 Å². The molecule has 2 rings (SSSR count). The fourth-order valence-corrected chi connectivity index (χ4v) is 1.76. The molecule has 6 nitrogen and oxygen atoms in total. The zero-order chi connectivity index (χ0) is 10.8. The van der Waals surface area contributed by atoms with Crippen LogP contribution in [0.5, 0.6) is 0 Å². The van der Waals surface area contributed by atoms with Crippen molar-refractivity contribution in [3.63, 3.8) is 0 Å². The number of esters is 1. The van der Waals surface area contributed by atoms with Crippen LogP contribution in [0.25, 0.3) is 0 Å². The maximum Gasteiger partial charge on any atom is 0.315 e. The van der Waals surface area contributed by atoms with Gasteiger partial charge in [-0.3, -0.25) is 4.79 Å². The maximum absolute atomic E-state index is 11.6. The SMILES string of the molecule is CCOC(=O)C1CCNc2c1nnn2C. The van der Waals surface area contributed by atoms with E-state index >= 15 is 0 Å². The Morgan fingerprint density at radius 3 is 3.27 bits per heavy atom. The van der Waals surface area contributed by atoms with Crippen molar-refractivity contribution in [3.8, 4) is 0 Å². The zero-order valence-corrected chi connectivity index (χ0v) is 8.86. The van der Waals surface area contributed by atoms with Crippen LogP contribution in [0.3, 0.4) is 0 Å². The highest BCUT2D eigenvalue weighted by Gasteiger charge is 2.31. The summed E-state index contributed by atoms with van der Waals surface area (Å²) in [4.78, 5) is 11.6. The first-order valence-electron chi connectivity index (χ1n) is 5.04. The Hall–Kier alpha value is -1.59. The molecule has 6 heteroatoms. The Morgan fingerprint density at radius 2 is 2.53 bits per heavy atom. The van der Waals surface area contributed by atoms with E-state index in [1.165, 1.54) is 0 Å². The summed E-state index contributed by atoms with van der Waals surface area (Å²) in [5, 5.41) is 11.0. The van der Waals surface area contributed by atoms with Gasteiger partial charge in [0.05, 0.1) is 6.61 Å². The Balaban J connectivity index is 2.26. The molecule has 1 aliphatic heterocycles. The second-order valence-corrected chi connectivity index (χ2v) is 3.47. The van der Waals surface area contributed by atoms with E-state index in [-0.39, 0.29) is 11.9 Å². The molecule has 0 amide bonds. The fourth-order valence-electron chi connectivity index (χ4n) is 1.76. The predicted molar refractivity (Wildman–Crippen MR) is 53.5 cm³/mol. The van der Waals surface area contributed by atoms with E-state index in [9.17, 15) is 4.79 Å². The van der Waals surface area contributed by atoms with Crippen molar-refractivity contribution in [1.82, 2.24) is 15.0 Å². The molecule has 0 spiro atoms. The topological polar surface area (TPSA) is 69.0 Å². The third kappa shape index (κ3) is 1.67. The van der Waals surface area contributed by atoms with Gasteiger partial charge in [0.1, 0.15) is 17.4 Å². The van der Waals surface area contributed by atoms with Gasteiger partial charge in [-0.2, -0.15) is 0 Å². The smallest absolute Gasteiger partial charge is 0.315 e. The molecular weight excluding hydrogens is 196 g/mol. The lowest BCUT2D eigenvalue weighted by Gasteiger charge is -2.20. The zero-order valence-electron chi connectivity index (χ0n) is 8.86. The van der Waals surface area contributed by atoms with Crippen molar-refractivity contribution in [1.29, 1.82) is 0 Å². The summed E-state index contributed by atoms with van der Waals surface area (Å²) < 4.78 is 6.64. The van der Waals surface area contributed by atoms with Crippen molar-refractivity contribution < 1.29 is 9.53 Å². The van der Waals surface area contributed by atoms with Crippen molar-refractivity contribution in [2.24, 2.45) is 7.05 Å². The van der Waals surface area contributed by atoms with Gasteiger partial charge in [-0.25, -0.2) is 4.68 Å². The standard InChI is InChI=1S/C9H14N4O2/c1-3-15-9(14)6-4-5-10-8-7(6)11-12-13(8)2/h6,10H,3-5H2,1-2H3. The molecule has 0 saturated carbocycles. The average Bonchev–Trinajstić information content (AvgIpc) is 2.61. The van der Waals surface area contributed by atoms with Crippen molar-refractivity contribution in [2.75, 3.05) is 18.5 Å². The lowest BCUT2D eigenvalue weighted by molar-refractivity contribution is -0.145. The molecule has 0 bridgehead atoms. The Bertz CT molecular complexity index is 374. The molecule has 2 heterocycles. The van der Waals surface area contributed by atoms with E-state index in [1.54, 1.807) is 18.7 Å². The summed E-state index contributed by atoms with van der Waals surface area (Å²) in [7, 11) is 1.80. The molecule has 1 atom stereocenters. The van der Waals surface area contributed by atoms with E-state index in [0.717, 1.165) is 12.4 Å². The number of fused-ring (bicyclic) bond motifs is 1. The van der Waals surface area contributed by atoms with Crippen molar-refractivity contribution in [3.05, 3.63) is 5.69 Å². The minimum Gasteiger partial charge on any atom is -0.465 e.